The van der Waals surface area contributed by atoms with Crippen molar-refractivity contribution >= 4 is 0 Å². The molecule has 1 unspecified atom stereocenters. The summed E-state index contributed by atoms with van der Waals surface area (Å²) in [6.45, 7) is 5.45. The van der Waals surface area contributed by atoms with Gasteiger partial charge in [0, 0.05) is 0 Å². The number of hydrogen-bond acceptors (Lipinski definition) is 2. The van der Waals surface area contributed by atoms with Crippen molar-refractivity contribution in [3.8, 4) is 0 Å². The van der Waals surface area contributed by atoms with E-state index < -0.39 is 0 Å². The highest BCUT2D eigenvalue weighted by atomic mass is 14.8. The van der Waals surface area contributed by atoms with Gasteiger partial charge in [0.25, 0.3) is 0 Å². The smallest absolute Gasteiger partial charge is 0.00458 e. The quantitative estimate of drug-likeness (QED) is 0.586. The molecule has 0 aromatic heterocycles. The van der Waals surface area contributed by atoms with Gasteiger partial charge in [-0.2, -0.15) is 0 Å². The van der Waals surface area contributed by atoms with Crippen molar-refractivity contribution in [2.45, 2.75) is 45.4 Å². The molecule has 2 nitrogen and oxygen atoms in total. The van der Waals surface area contributed by atoms with Crippen LogP contribution in [0, 0.1) is 11.8 Å². The minimum atomic E-state index is 0.728. The van der Waals surface area contributed by atoms with E-state index in [4.69, 9.17) is 5.73 Å². The largest absolute Gasteiger partial charge is 0.330 e. The minimum absolute atomic E-state index is 0.728. The van der Waals surface area contributed by atoms with E-state index in [0.717, 1.165) is 24.9 Å². The van der Waals surface area contributed by atoms with Gasteiger partial charge in [-0.25, -0.2) is 0 Å². The van der Waals surface area contributed by atoms with E-state index in [1.165, 1.54) is 45.1 Å². The van der Waals surface area contributed by atoms with Crippen LogP contribution in [0.5, 0.6) is 0 Å². The standard InChI is InChI=1S/C12H26N2/c1-2-11(10-13)6-8-14-9-7-12-4-3-5-12/h11-12,14H,2-10,13H2,1H3. The summed E-state index contributed by atoms with van der Waals surface area (Å²) in [5.74, 6) is 1.77. The van der Waals surface area contributed by atoms with Crippen LogP contribution in [0.4, 0.5) is 0 Å². The van der Waals surface area contributed by atoms with Crippen LogP contribution < -0.4 is 11.1 Å². The molecular weight excluding hydrogens is 172 g/mol. The summed E-state index contributed by atoms with van der Waals surface area (Å²) in [7, 11) is 0. The Kier molecular flexibility index (Phi) is 6.20. The molecule has 0 spiro atoms. The zero-order valence-electron chi connectivity index (χ0n) is 9.60. The van der Waals surface area contributed by atoms with Crippen LogP contribution in [0.25, 0.3) is 0 Å². The number of nitrogens with one attached hydrogen (secondary N) is 1. The lowest BCUT2D eigenvalue weighted by Crippen LogP contribution is -2.25. The predicted molar refractivity (Wildman–Crippen MR) is 62.3 cm³/mol. The molecular formula is C12H26N2. The second kappa shape index (κ2) is 7.24. The fourth-order valence-electron chi connectivity index (χ4n) is 2.01. The summed E-state index contributed by atoms with van der Waals surface area (Å²) >= 11 is 0. The first-order chi connectivity index (χ1) is 6.86. The van der Waals surface area contributed by atoms with E-state index in [0.29, 0.717) is 0 Å². The lowest BCUT2D eigenvalue weighted by molar-refractivity contribution is 0.291. The lowest BCUT2D eigenvalue weighted by atomic mass is 9.83. The summed E-state index contributed by atoms with van der Waals surface area (Å²) in [5, 5.41) is 3.53. The van der Waals surface area contributed by atoms with Crippen molar-refractivity contribution in [2.75, 3.05) is 19.6 Å². The Balaban J connectivity index is 1.83. The van der Waals surface area contributed by atoms with Gasteiger partial charge in [0.1, 0.15) is 0 Å². The molecule has 1 saturated carbocycles. The molecule has 1 aliphatic rings. The van der Waals surface area contributed by atoms with Crippen LogP contribution in [0.3, 0.4) is 0 Å². The third kappa shape index (κ3) is 4.43. The summed E-state index contributed by atoms with van der Waals surface area (Å²) in [6.07, 6.45) is 8.28. The molecule has 1 rings (SSSR count). The van der Waals surface area contributed by atoms with Gasteiger partial charge < -0.3 is 11.1 Å². The highest BCUT2D eigenvalue weighted by Crippen LogP contribution is 2.28. The highest BCUT2D eigenvalue weighted by Gasteiger charge is 2.16. The summed E-state index contributed by atoms with van der Waals surface area (Å²) in [5.41, 5.74) is 5.65. The molecule has 0 aromatic rings. The van der Waals surface area contributed by atoms with Gasteiger partial charge in [0.15, 0.2) is 0 Å². The summed E-state index contributed by atoms with van der Waals surface area (Å²) < 4.78 is 0. The molecule has 1 atom stereocenters. The first-order valence-corrected chi connectivity index (χ1v) is 6.27. The van der Waals surface area contributed by atoms with Gasteiger partial charge >= 0.3 is 0 Å². The van der Waals surface area contributed by atoms with E-state index in [2.05, 4.69) is 12.2 Å². The average molecular weight is 198 g/mol. The van der Waals surface area contributed by atoms with Crippen LogP contribution in [-0.2, 0) is 0 Å². The molecule has 3 N–H and O–H groups in total. The third-order valence-corrected chi connectivity index (χ3v) is 3.59. The topological polar surface area (TPSA) is 38.0 Å². The maximum atomic E-state index is 5.65. The Morgan fingerprint density at radius 2 is 2.14 bits per heavy atom. The van der Waals surface area contributed by atoms with Crippen molar-refractivity contribution in [1.29, 1.82) is 0 Å². The van der Waals surface area contributed by atoms with Gasteiger partial charge in [-0.1, -0.05) is 32.6 Å². The van der Waals surface area contributed by atoms with Gasteiger partial charge in [-0.3, -0.25) is 0 Å². The first-order valence-electron chi connectivity index (χ1n) is 6.27. The second-order valence-corrected chi connectivity index (χ2v) is 4.63. The van der Waals surface area contributed by atoms with E-state index in [1.54, 1.807) is 0 Å². The molecule has 0 saturated heterocycles. The van der Waals surface area contributed by atoms with Gasteiger partial charge in [-0.15, -0.1) is 0 Å². The maximum Gasteiger partial charge on any atom is -0.00458 e. The van der Waals surface area contributed by atoms with Crippen LogP contribution in [-0.4, -0.2) is 19.6 Å². The molecule has 0 aromatic carbocycles. The van der Waals surface area contributed by atoms with E-state index in [-0.39, 0.29) is 0 Å². The minimum Gasteiger partial charge on any atom is -0.330 e. The molecule has 1 aliphatic carbocycles. The molecule has 0 heterocycles. The van der Waals surface area contributed by atoms with Crippen molar-refractivity contribution in [3.05, 3.63) is 0 Å². The number of rotatable bonds is 8. The monoisotopic (exact) mass is 198 g/mol. The summed E-state index contributed by atoms with van der Waals surface area (Å²) in [4.78, 5) is 0. The second-order valence-electron chi connectivity index (χ2n) is 4.63. The molecule has 0 aliphatic heterocycles. The fourth-order valence-corrected chi connectivity index (χ4v) is 2.01. The molecule has 0 amide bonds. The molecule has 1 fully saturated rings. The average Bonchev–Trinajstić information content (AvgIpc) is 2.14. The Morgan fingerprint density at radius 3 is 2.64 bits per heavy atom. The zero-order chi connectivity index (χ0) is 10.2. The fraction of sp³-hybridized carbons (Fsp3) is 1.00. The van der Waals surface area contributed by atoms with Crippen LogP contribution >= 0.6 is 0 Å². The maximum absolute atomic E-state index is 5.65. The SMILES string of the molecule is CCC(CN)CCNCCC1CCC1. The lowest BCUT2D eigenvalue weighted by Gasteiger charge is -2.25. The van der Waals surface area contributed by atoms with Crippen LogP contribution in [0.1, 0.15) is 45.4 Å². The van der Waals surface area contributed by atoms with E-state index in [1.807, 2.05) is 0 Å². The zero-order valence-corrected chi connectivity index (χ0v) is 9.60. The van der Waals surface area contributed by atoms with Crippen LogP contribution in [0.2, 0.25) is 0 Å². The molecule has 84 valence electrons. The predicted octanol–water partition coefficient (Wildman–Crippen LogP) is 2.14. The van der Waals surface area contributed by atoms with Crippen molar-refractivity contribution in [1.82, 2.24) is 5.32 Å². The number of hydrogen-bond donors (Lipinski definition) is 2. The Labute approximate surface area is 88.6 Å². The molecule has 0 bridgehead atoms. The van der Waals surface area contributed by atoms with Gasteiger partial charge in [0.2, 0.25) is 0 Å². The molecule has 14 heavy (non-hydrogen) atoms. The molecule has 2 heteroatoms. The van der Waals surface area contributed by atoms with Crippen molar-refractivity contribution in [2.24, 2.45) is 17.6 Å². The van der Waals surface area contributed by atoms with Crippen molar-refractivity contribution < 1.29 is 0 Å². The van der Waals surface area contributed by atoms with Gasteiger partial charge in [-0.05, 0) is 44.3 Å². The summed E-state index contributed by atoms with van der Waals surface area (Å²) in [6, 6.07) is 0. The van der Waals surface area contributed by atoms with E-state index >= 15 is 0 Å². The Bertz CT molecular complexity index is 128. The highest BCUT2D eigenvalue weighted by molar-refractivity contribution is 4.70. The van der Waals surface area contributed by atoms with E-state index in [9.17, 15) is 0 Å². The molecule has 0 radical (unpaired) electrons. The number of nitrogens with two attached hydrogens (primary N) is 1. The first kappa shape index (κ1) is 12.0. The Hall–Kier alpha value is -0.0800. The Morgan fingerprint density at radius 1 is 1.36 bits per heavy atom. The normalized spacial score (nSPS) is 19.3. The third-order valence-electron chi connectivity index (χ3n) is 3.59. The van der Waals surface area contributed by atoms with Gasteiger partial charge in [0.05, 0.1) is 0 Å². The van der Waals surface area contributed by atoms with Crippen LogP contribution in [0.15, 0.2) is 0 Å². The van der Waals surface area contributed by atoms with Crippen molar-refractivity contribution in [3.63, 3.8) is 0 Å².